The average molecular weight is 427 g/mol. The highest BCUT2D eigenvalue weighted by atomic mass is 32.2. The zero-order chi connectivity index (χ0) is 21.1. The van der Waals surface area contributed by atoms with E-state index >= 15 is 0 Å². The first-order chi connectivity index (χ1) is 14.4. The molecule has 0 radical (unpaired) electrons. The van der Waals surface area contributed by atoms with E-state index in [0.717, 1.165) is 30.0 Å². The fourth-order valence-electron chi connectivity index (χ4n) is 3.74. The fourth-order valence-corrected chi connectivity index (χ4v) is 5.18. The highest BCUT2D eigenvalue weighted by Crippen LogP contribution is 2.21. The summed E-state index contributed by atoms with van der Waals surface area (Å²) in [6, 6.07) is 17.2. The van der Waals surface area contributed by atoms with Crippen LogP contribution in [0.3, 0.4) is 0 Å². The molecule has 0 aliphatic carbocycles. The third-order valence-electron chi connectivity index (χ3n) is 5.63. The number of hydrogen-bond acceptors (Lipinski definition) is 4. The van der Waals surface area contributed by atoms with Crippen LogP contribution in [-0.2, 0) is 16.6 Å². The molecule has 158 valence electrons. The SMILES string of the molecule is CC(C)c1ccc(S(=O)(=O)N2CC[NH+](Cc3ncc(-c4ccccc4)o3)CC2)cc1. The summed E-state index contributed by atoms with van der Waals surface area (Å²) in [7, 11) is -3.45. The van der Waals surface area contributed by atoms with Crippen LogP contribution < -0.4 is 4.90 Å². The van der Waals surface area contributed by atoms with E-state index < -0.39 is 10.0 Å². The maximum atomic E-state index is 13.0. The van der Waals surface area contributed by atoms with Gasteiger partial charge in [-0.15, -0.1) is 0 Å². The molecule has 0 amide bonds. The average Bonchev–Trinajstić information content (AvgIpc) is 3.23. The normalized spacial score (nSPS) is 16.2. The van der Waals surface area contributed by atoms with Gasteiger partial charge in [-0.3, -0.25) is 0 Å². The maximum Gasteiger partial charge on any atom is 0.250 e. The van der Waals surface area contributed by atoms with Gasteiger partial charge in [-0.1, -0.05) is 56.3 Å². The van der Waals surface area contributed by atoms with Crippen molar-refractivity contribution in [3.63, 3.8) is 0 Å². The number of oxazole rings is 1. The minimum atomic E-state index is -3.45. The number of sulfonamides is 1. The lowest BCUT2D eigenvalue weighted by molar-refractivity contribution is -0.918. The summed E-state index contributed by atoms with van der Waals surface area (Å²) in [5.41, 5.74) is 2.15. The molecular weight excluding hydrogens is 398 g/mol. The second kappa shape index (κ2) is 8.71. The molecular formula is C23H28N3O3S+. The van der Waals surface area contributed by atoms with E-state index in [1.807, 2.05) is 42.5 Å². The van der Waals surface area contributed by atoms with Crippen LogP contribution in [-0.4, -0.2) is 43.9 Å². The molecule has 4 rings (SSSR count). The number of piperazine rings is 1. The predicted octanol–water partition coefficient (Wildman–Crippen LogP) is 2.55. The summed E-state index contributed by atoms with van der Waals surface area (Å²) in [6.07, 6.45) is 1.76. The molecule has 0 bridgehead atoms. The second-order valence-electron chi connectivity index (χ2n) is 8.04. The van der Waals surface area contributed by atoms with Crippen LogP contribution in [0.2, 0.25) is 0 Å². The van der Waals surface area contributed by atoms with Crippen molar-refractivity contribution >= 4 is 10.0 Å². The van der Waals surface area contributed by atoms with Crippen molar-refractivity contribution in [2.75, 3.05) is 26.2 Å². The molecule has 1 aliphatic rings. The first-order valence-electron chi connectivity index (χ1n) is 10.4. The van der Waals surface area contributed by atoms with E-state index in [2.05, 4.69) is 18.8 Å². The van der Waals surface area contributed by atoms with Crippen LogP contribution in [0.25, 0.3) is 11.3 Å². The summed E-state index contributed by atoms with van der Waals surface area (Å²) < 4.78 is 33.5. The van der Waals surface area contributed by atoms with Gasteiger partial charge in [0.25, 0.3) is 5.89 Å². The van der Waals surface area contributed by atoms with Gasteiger partial charge in [0.2, 0.25) is 10.0 Å². The van der Waals surface area contributed by atoms with Crippen LogP contribution in [0, 0.1) is 0 Å². The van der Waals surface area contributed by atoms with Gasteiger partial charge in [0, 0.05) is 5.56 Å². The maximum absolute atomic E-state index is 13.0. The molecule has 1 saturated heterocycles. The van der Waals surface area contributed by atoms with Crippen molar-refractivity contribution in [3.05, 3.63) is 72.2 Å². The quantitative estimate of drug-likeness (QED) is 0.658. The highest BCUT2D eigenvalue weighted by Gasteiger charge is 2.31. The Hall–Kier alpha value is -2.48. The molecule has 1 fully saturated rings. The minimum Gasteiger partial charge on any atom is -0.435 e. The van der Waals surface area contributed by atoms with Crippen molar-refractivity contribution in [2.24, 2.45) is 0 Å². The molecule has 2 aromatic carbocycles. The predicted molar refractivity (Wildman–Crippen MR) is 116 cm³/mol. The monoisotopic (exact) mass is 426 g/mol. The molecule has 1 aliphatic heterocycles. The molecule has 6 nitrogen and oxygen atoms in total. The number of hydrogen-bond donors (Lipinski definition) is 1. The number of benzene rings is 2. The summed E-state index contributed by atoms with van der Waals surface area (Å²) in [6.45, 7) is 7.30. The summed E-state index contributed by atoms with van der Waals surface area (Å²) >= 11 is 0. The number of rotatable bonds is 6. The van der Waals surface area contributed by atoms with Gasteiger partial charge >= 0.3 is 0 Å². The molecule has 0 atom stereocenters. The van der Waals surface area contributed by atoms with E-state index in [0.29, 0.717) is 36.3 Å². The van der Waals surface area contributed by atoms with E-state index in [-0.39, 0.29) is 0 Å². The Labute approximate surface area is 178 Å². The van der Waals surface area contributed by atoms with Crippen molar-refractivity contribution in [2.45, 2.75) is 31.2 Å². The zero-order valence-electron chi connectivity index (χ0n) is 17.4. The molecule has 0 saturated carbocycles. The van der Waals surface area contributed by atoms with Gasteiger partial charge in [0.1, 0.15) is 0 Å². The Morgan fingerprint density at radius 1 is 1.03 bits per heavy atom. The number of aromatic nitrogens is 1. The third kappa shape index (κ3) is 4.48. The van der Waals surface area contributed by atoms with Crippen LogP contribution in [0.15, 0.2) is 70.1 Å². The fraction of sp³-hybridized carbons (Fsp3) is 0.348. The van der Waals surface area contributed by atoms with Crippen LogP contribution in [0.4, 0.5) is 0 Å². The molecule has 1 N–H and O–H groups in total. The van der Waals surface area contributed by atoms with E-state index in [9.17, 15) is 8.42 Å². The molecule has 2 heterocycles. The minimum absolute atomic E-state index is 0.371. The molecule has 1 aromatic heterocycles. The Balaban J connectivity index is 1.36. The largest absolute Gasteiger partial charge is 0.435 e. The Kier molecular flexibility index (Phi) is 6.04. The summed E-state index contributed by atoms with van der Waals surface area (Å²) in [4.78, 5) is 6.05. The van der Waals surface area contributed by atoms with Crippen LogP contribution in [0.5, 0.6) is 0 Å². The van der Waals surface area contributed by atoms with Crippen molar-refractivity contribution in [1.29, 1.82) is 0 Å². The molecule has 0 spiro atoms. The first-order valence-corrected chi connectivity index (χ1v) is 11.8. The highest BCUT2D eigenvalue weighted by molar-refractivity contribution is 7.89. The lowest BCUT2D eigenvalue weighted by atomic mass is 10.0. The van der Waals surface area contributed by atoms with Gasteiger partial charge in [-0.05, 0) is 23.6 Å². The third-order valence-corrected chi connectivity index (χ3v) is 7.54. The van der Waals surface area contributed by atoms with Crippen molar-refractivity contribution in [3.8, 4) is 11.3 Å². The van der Waals surface area contributed by atoms with Gasteiger partial charge in [-0.25, -0.2) is 13.4 Å². The Morgan fingerprint density at radius 3 is 2.33 bits per heavy atom. The molecule has 3 aromatic rings. The van der Waals surface area contributed by atoms with Gasteiger partial charge in [0.05, 0.1) is 37.3 Å². The number of nitrogens with one attached hydrogen (secondary N) is 1. The molecule has 30 heavy (non-hydrogen) atoms. The second-order valence-corrected chi connectivity index (χ2v) is 9.98. The molecule has 0 unspecified atom stereocenters. The van der Waals surface area contributed by atoms with Crippen molar-refractivity contribution < 1.29 is 17.7 Å². The zero-order valence-corrected chi connectivity index (χ0v) is 18.2. The van der Waals surface area contributed by atoms with Crippen molar-refractivity contribution in [1.82, 2.24) is 9.29 Å². The number of quaternary nitrogens is 1. The van der Waals surface area contributed by atoms with Crippen LogP contribution >= 0.6 is 0 Å². The smallest absolute Gasteiger partial charge is 0.250 e. The van der Waals surface area contributed by atoms with E-state index in [1.54, 1.807) is 22.6 Å². The standard InChI is InChI=1S/C23H27N3O3S/c1-18(2)19-8-10-21(11-9-19)30(27,28)26-14-12-25(13-15-26)17-23-24-16-22(29-23)20-6-4-3-5-7-20/h3-11,16,18H,12-15,17H2,1-2H3/p+1. The lowest BCUT2D eigenvalue weighted by Crippen LogP contribution is -3.13. The van der Waals surface area contributed by atoms with Crippen LogP contribution in [0.1, 0.15) is 31.2 Å². The summed E-state index contributed by atoms with van der Waals surface area (Å²) in [5.74, 6) is 1.83. The number of nitrogens with zero attached hydrogens (tertiary/aromatic N) is 2. The topological polar surface area (TPSA) is 67.8 Å². The Bertz CT molecular complexity index is 1070. The lowest BCUT2D eigenvalue weighted by Gasteiger charge is -2.30. The Morgan fingerprint density at radius 2 is 1.70 bits per heavy atom. The molecule has 7 heteroatoms. The first kappa shape index (κ1) is 20.8. The van der Waals surface area contributed by atoms with Gasteiger partial charge < -0.3 is 9.32 Å². The van der Waals surface area contributed by atoms with E-state index in [4.69, 9.17) is 4.42 Å². The van der Waals surface area contributed by atoms with E-state index in [1.165, 1.54) is 4.90 Å². The van der Waals surface area contributed by atoms with Gasteiger partial charge in [-0.2, -0.15) is 4.31 Å². The summed E-state index contributed by atoms with van der Waals surface area (Å²) in [5, 5.41) is 0. The van der Waals surface area contributed by atoms with Gasteiger partial charge in [0.15, 0.2) is 12.3 Å².